The van der Waals surface area contributed by atoms with Gasteiger partial charge in [-0.05, 0) is 55.8 Å². The van der Waals surface area contributed by atoms with Crippen LogP contribution in [-0.4, -0.2) is 25.0 Å². The minimum atomic E-state index is -0.239. The molecule has 5 heteroatoms. The predicted molar refractivity (Wildman–Crippen MR) is 94.6 cm³/mol. The number of anilines is 1. The standard InChI is InChI=1S/C19H22N2O3/c1-4-13(2)20-19(23)15-6-5-7-16(12-15)21-18(22)14-8-10-17(24-3)11-9-14/h5-13H,4H2,1-3H3,(H,20,23)(H,21,22)/t13-/m1/s1. The largest absolute Gasteiger partial charge is 0.497 e. The molecule has 0 aliphatic heterocycles. The molecule has 0 saturated heterocycles. The fourth-order valence-electron chi connectivity index (χ4n) is 2.09. The van der Waals surface area contributed by atoms with Gasteiger partial charge < -0.3 is 15.4 Å². The van der Waals surface area contributed by atoms with Crippen molar-refractivity contribution in [1.82, 2.24) is 5.32 Å². The number of rotatable bonds is 6. The Labute approximate surface area is 142 Å². The van der Waals surface area contributed by atoms with Gasteiger partial charge in [-0.3, -0.25) is 9.59 Å². The summed E-state index contributed by atoms with van der Waals surface area (Å²) in [7, 11) is 1.57. The lowest BCUT2D eigenvalue weighted by atomic mass is 10.1. The topological polar surface area (TPSA) is 67.4 Å². The molecule has 0 bridgehead atoms. The van der Waals surface area contributed by atoms with E-state index in [9.17, 15) is 9.59 Å². The van der Waals surface area contributed by atoms with Gasteiger partial charge in [-0.25, -0.2) is 0 Å². The quantitative estimate of drug-likeness (QED) is 0.854. The number of benzene rings is 2. The van der Waals surface area contributed by atoms with Crippen molar-refractivity contribution in [3.05, 3.63) is 59.7 Å². The van der Waals surface area contributed by atoms with Crippen LogP contribution in [0.1, 0.15) is 41.0 Å². The van der Waals surface area contributed by atoms with Crippen LogP contribution in [0.3, 0.4) is 0 Å². The molecule has 0 spiro atoms. The summed E-state index contributed by atoms with van der Waals surface area (Å²) in [6.45, 7) is 3.96. The monoisotopic (exact) mass is 326 g/mol. The third-order valence-corrected chi connectivity index (χ3v) is 3.72. The second kappa shape index (κ2) is 8.15. The van der Waals surface area contributed by atoms with E-state index >= 15 is 0 Å². The van der Waals surface area contributed by atoms with Crippen LogP contribution in [-0.2, 0) is 0 Å². The van der Waals surface area contributed by atoms with Gasteiger partial charge in [0.25, 0.3) is 11.8 Å². The lowest BCUT2D eigenvalue weighted by Gasteiger charge is -2.12. The summed E-state index contributed by atoms with van der Waals surface area (Å²) in [4.78, 5) is 24.4. The van der Waals surface area contributed by atoms with Gasteiger partial charge in [-0.2, -0.15) is 0 Å². The molecule has 24 heavy (non-hydrogen) atoms. The molecule has 2 aromatic rings. The molecule has 0 unspecified atom stereocenters. The molecule has 0 aliphatic rings. The molecule has 0 fully saturated rings. The van der Waals surface area contributed by atoms with E-state index in [0.717, 1.165) is 6.42 Å². The Hall–Kier alpha value is -2.82. The minimum Gasteiger partial charge on any atom is -0.497 e. The first-order valence-electron chi connectivity index (χ1n) is 7.89. The molecule has 2 amide bonds. The van der Waals surface area contributed by atoms with E-state index in [1.165, 1.54) is 0 Å². The Morgan fingerprint density at radius 1 is 1.04 bits per heavy atom. The number of ether oxygens (including phenoxy) is 1. The second-order valence-electron chi connectivity index (χ2n) is 5.55. The van der Waals surface area contributed by atoms with Crippen LogP contribution < -0.4 is 15.4 Å². The number of hydrogen-bond acceptors (Lipinski definition) is 3. The van der Waals surface area contributed by atoms with Crippen LogP contribution in [0.4, 0.5) is 5.69 Å². The molecule has 0 heterocycles. The Balaban J connectivity index is 2.08. The Morgan fingerprint density at radius 3 is 2.38 bits per heavy atom. The first kappa shape index (κ1) is 17.5. The smallest absolute Gasteiger partial charge is 0.255 e. The Kier molecular flexibility index (Phi) is 5.95. The lowest BCUT2D eigenvalue weighted by Crippen LogP contribution is -2.31. The molecule has 2 N–H and O–H groups in total. The summed E-state index contributed by atoms with van der Waals surface area (Å²) in [5, 5.41) is 5.70. The van der Waals surface area contributed by atoms with Crippen molar-refractivity contribution in [2.75, 3.05) is 12.4 Å². The fraction of sp³-hybridized carbons (Fsp3) is 0.263. The summed E-state index contributed by atoms with van der Waals surface area (Å²) in [5.74, 6) is 0.303. The van der Waals surface area contributed by atoms with Crippen molar-refractivity contribution in [2.45, 2.75) is 26.3 Å². The van der Waals surface area contributed by atoms with Crippen LogP contribution in [0, 0.1) is 0 Å². The summed E-state index contributed by atoms with van der Waals surface area (Å²) < 4.78 is 5.07. The van der Waals surface area contributed by atoms with Gasteiger partial charge in [0, 0.05) is 22.9 Å². The maximum Gasteiger partial charge on any atom is 0.255 e. The first-order valence-corrected chi connectivity index (χ1v) is 7.89. The highest BCUT2D eigenvalue weighted by atomic mass is 16.5. The number of methoxy groups -OCH3 is 1. The number of carbonyl (C=O) groups excluding carboxylic acids is 2. The van der Waals surface area contributed by atoms with E-state index in [1.807, 2.05) is 13.8 Å². The van der Waals surface area contributed by atoms with Crippen LogP contribution in [0.2, 0.25) is 0 Å². The molecule has 1 atom stereocenters. The maximum atomic E-state index is 12.3. The molecule has 0 aliphatic carbocycles. The predicted octanol–water partition coefficient (Wildman–Crippen LogP) is 3.48. The lowest BCUT2D eigenvalue weighted by molar-refractivity contribution is 0.0938. The summed E-state index contributed by atoms with van der Waals surface area (Å²) in [6, 6.07) is 13.8. The highest BCUT2D eigenvalue weighted by molar-refractivity contribution is 6.05. The first-order chi connectivity index (χ1) is 11.5. The van der Waals surface area contributed by atoms with Crippen molar-refractivity contribution in [1.29, 1.82) is 0 Å². The molecule has 126 valence electrons. The fourth-order valence-corrected chi connectivity index (χ4v) is 2.09. The van der Waals surface area contributed by atoms with Crippen LogP contribution in [0.15, 0.2) is 48.5 Å². The summed E-state index contributed by atoms with van der Waals surface area (Å²) in [6.07, 6.45) is 0.861. The van der Waals surface area contributed by atoms with Gasteiger partial charge in [0.1, 0.15) is 5.75 Å². The van der Waals surface area contributed by atoms with Crippen LogP contribution in [0.5, 0.6) is 5.75 Å². The maximum absolute atomic E-state index is 12.3. The molecule has 0 saturated carbocycles. The van der Waals surface area contributed by atoms with E-state index < -0.39 is 0 Å². The van der Waals surface area contributed by atoms with E-state index in [0.29, 0.717) is 22.6 Å². The number of hydrogen-bond donors (Lipinski definition) is 2. The molecule has 0 aromatic heterocycles. The number of nitrogens with one attached hydrogen (secondary N) is 2. The van der Waals surface area contributed by atoms with Gasteiger partial charge in [0.2, 0.25) is 0 Å². The molecule has 2 aromatic carbocycles. The van der Waals surface area contributed by atoms with Crippen molar-refractivity contribution < 1.29 is 14.3 Å². The average Bonchev–Trinajstić information content (AvgIpc) is 2.61. The second-order valence-corrected chi connectivity index (χ2v) is 5.55. The van der Waals surface area contributed by atoms with Gasteiger partial charge >= 0.3 is 0 Å². The summed E-state index contributed by atoms with van der Waals surface area (Å²) in [5.41, 5.74) is 1.61. The van der Waals surface area contributed by atoms with Crippen molar-refractivity contribution >= 4 is 17.5 Å². The van der Waals surface area contributed by atoms with Crippen molar-refractivity contribution in [3.63, 3.8) is 0 Å². The molecule has 2 rings (SSSR count). The zero-order valence-corrected chi connectivity index (χ0v) is 14.1. The van der Waals surface area contributed by atoms with Crippen LogP contribution in [0.25, 0.3) is 0 Å². The molecular formula is C19H22N2O3. The van der Waals surface area contributed by atoms with Gasteiger partial charge in [0.15, 0.2) is 0 Å². The van der Waals surface area contributed by atoms with Crippen LogP contribution >= 0.6 is 0 Å². The van der Waals surface area contributed by atoms with E-state index in [2.05, 4.69) is 10.6 Å². The highest BCUT2D eigenvalue weighted by Crippen LogP contribution is 2.15. The third-order valence-electron chi connectivity index (χ3n) is 3.72. The zero-order valence-electron chi connectivity index (χ0n) is 14.1. The van der Waals surface area contributed by atoms with Gasteiger partial charge in [-0.15, -0.1) is 0 Å². The number of carbonyl (C=O) groups is 2. The van der Waals surface area contributed by atoms with Crippen molar-refractivity contribution in [3.8, 4) is 5.75 Å². The summed E-state index contributed by atoms with van der Waals surface area (Å²) >= 11 is 0. The van der Waals surface area contributed by atoms with Gasteiger partial charge in [-0.1, -0.05) is 13.0 Å². The SMILES string of the molecule is CC[C@@H](C)NC(=O)c1cccc(NC(=O)c2ccc(OC)cc2)c1. The third kappa shape index (κ3) is 4.59. The van der Waals surface area contributed by atoms with E-state index in [-0.39, 0.29) is 17.9 Å². The molecule has 0 radical (unpaired) electrons. The van der Waals surface area contributed by atoms with E-state index in [4.69, 9.17) is 4.74 Å². The Morgan fingerprint density at radius 2 is 1.75 bits per heavy atom. The average molecular weight is 326 g/mol. The van der Waals surface area contributed by atoms with Crippen molar-refractivity contribution in [2.24, 2.45) is 0 Å². The normalized spacial score (nSPS) is 11.5. The highest BCUT2D eigenvalue weighted by Gasteiger charge is 2.11. The Bertz CT molecular complexity index is 711. The molecule has 5 nitrogen and oxygen atoms in total. The minimum absolute atomic E-state index is 0.107. The number of amides is 2. The van der Waals surface area contributed by atoms with E-state index in [1.54, 1.807) is 55.6 Å². The van der Waals surface area contributed by atoms with Gasteiger partial charge in [0.05, 0.1) is 7.11 Å². The molecular weight excluding hydrogens is 304 g/mol. The zero-order chi connectivity index (χ0) is 17.5.